The third-order valence-electron chi connectivity index (χ3n) is 2.94. The lowest BCUT2D eigenvalue weighted by Crippen LogP contribution is -2.39. The Balaban J connectivity index is 2.53. The Kier molecular flexibility index (Phi) is 7.16. The highest BCUT2D eigenvalue weighted by molar-refractivity contribution is 7.87. The lowest BCUT2D eigenvalue weighted by molar-refractivity contribution is 0.444. The van der Waals surface area contributed by atoms with Crippen molar-refractivity contribution in [2.45, 2.75) is 19.9 Å². The van der Waals surface area contributed by atoms with E-state index < -0.39 is 21.8 Å². The third-order valence-corrected chi connectivity index (χ3v) is 4.45. The zero-order valence-corrected chi connectivity index (χ0v) is 13.0. The van der Waals surface area contributed by atoms with Crippen LogP contribution in [0, 0.1) is 11.6 Å². The molecule has 21 heavy (non-hydrogen) atoms. The molecule has 0 aliphatic carbocycles. The van der Waals surface area contributed by atoms with Crippen LogP contribution in [0.2, 0.25) is 0 Å². The van der Waals surface area contributed by atoms with Crippen molar-refractivity contribution in [1.82, 2.24) is 14.3 Å². The zero-order chi connectivity index (χ0) is 15.9. The molecule has 1 aromatic carbocycles. The average molecular weight is 321 g/mol. The van der Waals surface area contributed by atoms with Crippen LogP contribution < -0.4 is 10.0 Å². The molecule has 0 spiro atoms. The molecular weight excluding hydrogens is 300 g/mol. The summed E-state index contributed by atoms with van der Waals surface area (Å²) in [6, 6.07) is 2.93. The van der Waals surface area contributed by atoms with E-state index in [1.54, 1.807) is 0 Å². The SMILES string of the molecule is CCNCCCN(C)S(=O)(=O)NCc1cc(F)ccc1F. The van der Waals surface area contributed by atoms with E-state index in [1.165, 1.54) is 7.05 Å². The molecule has 0 saturated heterocycles. The van der Waals surface area contributed by atoms with E-state index in [9.17, 15) is 17.2 Å². The quantitative estimate of drug-likeness (QED) is 0.673. The summed E-state index contributed by atoms with van der Waals surface area (Å²) < 4.78 is 53.7. The summed E-state index contributed by atoms with van der Waals surface area (Å²) in [7, 11) is -2.27. The van der Waals surface area contributed by atoms with Gasteiger partial charge in [0, 0.05) is 25.7 Å². The number of nitrogens with one attached hydrogen (secondary N) is 2. The van der Waals surface area contributed by atoms with Crippen LogP contribution in [0.5, 0.6) is 0 Å². The molecule has 0 unspecified atom stereocenters. The average Bonchev–Trinajstić information content (AvgIpc) is 2.44. The van der Waals surface area contributed by atoms with Gasteiger partial charge in [-0.3, -0.25) is 0 Å². The van der Waals surface area contributed by atoms with Gasteiger partial charge in [0.15, 0.2) is 0 Å². The molecule has 1 aromatic rings. The minimum atomic E-state index is -3.71. The van der Waals surface area contributed by atoms with E-state index in [0.29, 0.717) is 13.0 Å². The smallest absolute Gasteiger partial charge is 0.279 e. The van der Waals surface area contributed by atoms with Crippen molar-refractivity contribution < 1.29 is 17.2 Å². The Morgan fingerprint density at radius 2 is 2.00 bits per heavy atom. The van der Waals surface area contributed by atoms with Gasteiger partial charge in [0.2, 0.25) is 0 Å². The fourth-order valence-corrected chi connectivity index (χ4v) is 2.61. The second-order valence-corrected chi connectivity index (χ2v) is 6.45. The number of rotatable bonds is 9. The van der Waals surface area contributed by atoms with Crippen molar-refractivity contribution in [3.8, 4) is 0 Å². The predicted molar refractivity (Wildman–Crippen MR) is 77.9 cm³/mol. The topological polar surface area (TPSA) is 61.4 Å². The van der Waals surface area contributed by atoms with Gasteiger partial charge in [-0.05, 0) is 37.7 Å². The number of hydrogen-bond acceptors (Lipinski definition) is 3. The molecular formula is C13H21F2N3O2S. The van der Waals surface area contributed by atoms with Crippen molar-refractivity contribution in [3.05, 3.63) is 35.4 Å². The fourth-order valence-electron chi connectivity index (χ4n) is 1.68. The lowest BCUT2D eigenvalue weighted by Gasteiger charge is -2.18. The molecule has 0 aromatic heterocycles. The summed E-state index contributed by atoms with van der Waals surface area (Å²) in [6.07, 6.45) is 0.666. The molecule has 0 atom stereocenters. The van der Waals surface area contributed by atoms with Gasteiger partial charge in [-0.1, -0.05) is 6.92 Å². The molecule has 0 bridgehead atoms. The van der Waals surface area contributed by atoms with Crippen LogP contribution in [0.1, 0.15) is 18.9 Å². The lowest BCUT2D eigenvalue weighted by atomic mass is 10.2. The third kappa shape index (κ3) is 6.04. The van der Waals surface area contributed by atoms with E-state index >= 15 is 0 Å². The van der Waals surface area contributed by atoms with Crippen molar-refractivity contribution >= 4 is 10.2 Å². The molecule has 2 N–H and O–H groups in total. The predicted octanol–water partition coefficient (Wildman–Crippen LogP) is 1.23. The Morgan fingerprint density at radius 3 is 2.67 bits per heavy atom. The van der Waals surface area contributed by atoms with Crippen LogP contribution in [-0.2, 0) is 16.8 Å². The number of benzene rings is 1. The van der Waals surface area contributed by atoms with Gasteiger partial charge in [0.1, 0.15) is 11.6 Å². The number of nitrogens with zero attached hydrogens (tertiary/aromatic N) is 1. The van der Waals surface area contributed by atoms with E-state index in [-0.39, 0.29) is 12.1 Å². The Morgan fingerprint density at radius 1 is 1.29 bits per heavy atom. The summed E-state index contributed by atoms with van der Waals surface area (Å²) >= 11 is 0. The van der Waals surface area contributed by atoms with Gasteiger partial charge in [-0.25, -0.2) is 8.78 Å². The van der Waals surface area contributed by atoms with E-state index in [1.807, 2.05) is 6.92 Å². The Hall–Kier alpha value is -1.09. The molecule has 0 aliphatic rings. The fraction of sp³-hybridized carbons (Fsp3) is 0.538. The van der Waals surface area contributed by atoms with Gasteiger partial charge < -0.3 is 5.32 Å². The monoisotopic (exact) mass is 321 g/mol. The van der Waals surface area contributed by atoms with Crippen molar-refractivity contribution in [2.75, 3.05) is 26.7 Å². The van der Waals surface area contributed by atoms with Gasteiger partial charge in [-0.15, -0.1) is 0 Å². The highest BCUT2D eigenvalue weighted by atomic mass is 32.2. The van der Waals surface area contributed by atoms with Crippen LogP contribution >= 0.6 is 0 Å². The number of hydrogen-bond donors (Lipinski definition) is 2. The maximum absolute atomic E-state index is 13.4. The molecule has 0 amide bonds. The minimum Gasteiger partial charge on any atom is -0.317 e. The molecule has 0 heterocycles. The van der Waals surface area contributed by atoms with Crippen LogP contribution in [0.3, 0.4) is 0 Å². The Labute approximate surface area is 124 Å². The van der Waals surface area contributed by atoms with Gasteiger partial charge in [-0.2, -0.15) is 17.4 Å². The highest BCUT2D eigenvalue weighted by Gasteiger charge is 2.17. The molecule has 5 nitrogen and oxygen atoms in total. The largest absolute Gasteiger partial charge is 0.317 e. The summed E-state index contributed by atoms with van der Waals surface area (Å²) in [6.45, 7) is 3.56. The van der Waals surface area contributed by atoms with Gasteiger partial charge in [0.25, 0.3) is 10.2 Å². The maximum Gasteiger partial charge on any atom is 0.279 e. The summed E-state index contributed by atoms with van der Waals surface area (Å²) in [5, 5.41) is 3.09. The normalized spacial score (nSPS) is 12.0. The Bertz CT molecular complexity index is 552. The van der Waals surface area contributed by atoms with Crippen LogP contribution in [0.4, 0.5) is 8.78 Å². The van der Waals surface area contributed by atoms with E-state index in [2.05, 4.69) is 10.0 Å². The molecule has 0 saturated carbocycles. The summed E-state index contributed by atoms with van der Waals surface area (Å²) in [5.41, 5.74) is -0.0281. The summed E-state index contributed by atoms with van der Waals surface area (Å²) in [5.74, 6) is -1.25. The van der Waals surface area contributed by atoms with E-state index in [0.717, 1.165) is 35.6 Å². The van der Waals surface area contributed by atoms with Crippen molar-refractivity contribution in [2.24, 2.45) is 0 Å². The van der Waals surface area contributed by atoms with E-state index in [4.69, 9.17) is 0 Å². The first-order chi connectivity index (χ1) is 9.86. The van der Waals surface area contributed by atoms with Crippen molar-refractivity contribution in [3.63, 3.8) is 0 Å². The molecule has 1 rings (SSSR count). The van der Waals surface area contributed by atoms with Crippen LogP contribution in [0.25, 0.3) is 0 Å². The maximum atomic E-state index is 13.4. The second kappa shape index (κ2) is 8.38. The molecule has 8 heteroatoms. The minimum absolute atomic E-state index is 0.0281. The van der Waals surface area contributed by atoms with Gasteiger partial charge >= 0.3 is 0 Å². The first kappa shape index (κ1) is 18.0. The van der Waals surface area contributed by atoms with Crippen LogP contribution in [-0.4, -0.2) is 39.4 Å². The zero-order valence-electron chi connectivity index (χ0n) is 12.2. The van der Waals surface area contributed by atoms with Crippen molar-refractivity contribution in [1.29, 1.82) is 0 Å². The first-order valence-electron chi connectivity index (χ1n) is 6.72. The highest BCUT2D eigenvalue weighted by Crippen LogP contribution is 2.10. The molecule has 120 valence electrons. The second-order valence-electron chi connectivity index (χ2n) is 4.59. The molecule has 0 aliphatic heterocycles. The first-order valence-corrected chi connectivity index (χ1v) is 8.16. The van der Waals surface area contributed by atoms with Crippen LogP contribution in [0.15, 0.2) is 18.2 Å². The van der Waals surface area contributed by atoms with Gasteiger partial charge in [0.05, 0.1) is 0 Å². The number of halogens is 2. The molecule has 0 radical (unpaired) electrons. The standard InChI is InChI=1S/C13H21F2N3O2S/c1-3-16-7-4-8-18(2)21(19,20)17-10-11-9-12(14)5-6-13(11)15/h5-6,9,16-17H,3-4,7-8,10H2,1-2H3. The molecule has 0 fully saturated rings. The summed E-state index contributed by atoms with van der Waals surface area (Å²) in [4.78, 5) is 0.